The molecule has 1 rings (SSSR count). The minimum atomic E-state index is -0.397. The fourth-order valence-electron chi connectivity index (χ4n) is 1.25. The van der Waals surface area contributed by atoms with Crippen LogP contribution in [0.2, 0.25) is 0 Å². The normalized spacial score (nSPS) is 12.1. The number of non-ortho nitro benzene ring substituents is 1. The average molecular weight is 190 g/mol. The standard InChI is InChI=1S/C11H12NO2/c1-4-9(3)10-5-8(2)6-11(7-10)12(13)14/h4-7,9H,1,3H2,2H3. The van der Waals surface area contributed by atoms with Crippen LogP contribution in [0.5, 0.6) is 0 Å². The van der Waals surface area contributed by atoms with Gasteiger partial charge >= 0.3 is 0 Å². The van der Waals surface area contributed by atoms with Gasteiger partial charge in [0.2, 0.25) is 0 Å². The molecule has 1 aromatic rings. The van der Waals surface area contributed by atoms with E-state index < -0.39 is 4.92 Å². The Labute approximate surface area is 83.2 Å². The van der Waals surface area contributed by atoms with E-state index >= 15 is 0 Å². The number of benzene rings is 1. The Morgan fingerprint density at radius 1 is 1.50 bits per heavy atom. The fourth-order valence-corrected chi connectivity index (χ4v) is 1.25. The highest BCUT2D eigenvalue weighted by Crippen LogP contribution is 2.23. The van der Waals surface area contributed by atoms with Crippen LogP contribution in [0.25, 0.3) is 0 Å². The second-order valence-corrected chi connectivity index (χ2v) is 3.20. The summed E-state index contributed by atoms with van der Waals surface area (Å²) in [6, 6.07) is 4.96. The van der Waals surface area contributed by atoms with E-state index in [0.29, 0.717) is 0 Å². The van der Waals surface area contributed by atoms with Gasteiger partial charge in [-0.3, -0.25) is 10.1 Å². The van der Waals surface area contributed by atoms with Gasteiger partial charge in [0.15, 0.2) is 0 Å². The van der Waals surface area contributed by atoms with E-state index in [1.807, 2.05) is 13.0 Å². The van der Waals surface area contributed by atoms with E-state index in [-0.39, 0.29) is 11.6 Å². The molecule has 0 aliphatic heterocycles. The number of rotatable bonds is 3. The zero-order chi connectivity index (χ0) is 10.7. The van der Waals surface area contributed by atoms with E-state index in [2.05, 4.69) is 13.5 Å². The molecule has 1 aromatic carbocycles. The first-order valence-corrected chi connectivity index (χ1v) is 4.26. The summed E-state index contributed by atoms with van der Waals surface area (Å²) in [6.07, 6.45) is 1.67. The van der Waals surface area contributed by atoms with Crippen LogP contribution >= 0.6 is 0 Å². The average Bonchev–Trinajstić information content (AvgIpc) is 2.15. The van der Waals surface area contributed by atoms with Gasteiger partial charge in [0.1, 0.15) is 0 Å². The molecule has 0 spiro atoms. The van der Waals surface area contributed by atoms with Gasteiger partial charge in [0, 0.05) is 18.1 Å². The molecule has 0 saturated heterocycles. The molecular formula is C11H12NO2. The number of nitro benzene ring substituents is 1. The molecular weight excluding hydrogens is 178 g/mol. The van der Waals surface area contributed by atoms with Gasteiger partial charge in [-0.2, -0.15) is 0 Å². The lowest BCUT2D eigenvalue weighted by Crippen LogP contribution is -1.94. The summed E-state index contributed by atoms with van der Waals surface area (Å²) in [5, 5.41) is 10.6. The van der Waals surface area contributed by atoms with Crippen molar-refractivity contribution in [1.82, 2.24) is 0 Å². The van der Waals surface area contributed by atoms with E-state index in [1.165, 1.54) is 6.07 Å². The van der Waals surface area contributed by atoms with Crippen molar-refractivity contribution in [3.63, 3.8) is 0 Å². The number of allylic oxidation sites excluding steroid dienone is 1. The molecule has 3 heteroatoms. The number of nitro groups is 1. The molecule has 73 valence electrons. The molecule has 1 radical (unpaired) electrons. The Bertz CT molecular complexity index is 372. The first-order chi connectivity index (χ1) is 6.54. The van der Waals surface area contributed by atoms with Crippen LogP contribution in [0.1, 0.15) is 17.0 Å². The molecule has 1 unspecified atom stereocenters. The molecule has 1 atom stereocenters. The highest BCUT2D eigenvalue weighted by Gasteiger charge is 2.10. The van der Waals surface area contributed by atoms with Crippen LogP contribution in [0.4, 0.5) is 5.69 Å². The topological polar surface area (TPSA) is 43.1 Å². The summed E-state index contributed by atoms with van der Waals surface area (Å²) in [6.45, 7) is 9.26. The van der Waals surface area contributed by atoms with E-state index in [9.17, 15) is 10.1 Å². The van der Waals surface area contributed by atoms with Crippen molar-refractivity contribution in [2.45, 2.75) is 12.8 Å². The Balaban J connectivity index is 3.19. The quantitative estimate of drug-likeness (QED) is 0.417. The SMILES string of the molecule is [CH2]C(C=C)c1cc(C)cc([N+](=O)[O-])c1. The lowest BCUT2D eigenvalue weighted by atomic mass is 9.99. The van der Waals surface area contributed by atoms with Crippen molar-refractivity contribution in [3.05, 3.63) is 59.0 Å². The smallest absolute Gasteiger partial charge is 0.258 e. The minimum Gasteiger partial charge on any atom is -0.258 e. The summed E-state index contributed by atoms with van der Waals surface area (Å²) in [5.41, 5.74) is 1.80. The first kappa shape index (κ1) is 10.4. The Hall–Kier alpha value is -1.64. The number of nitrogens with zero attached hydrogens (tertiary/aromatic N) is 1. The molecule has 0 heterocycles. The van der Waals surface area contributed by atoms with Crippen LogP contribution in [-0.4, -0.2) is 4.92 Å². The molecule has 0 fully saturated rings. The lowest BCUT2D eigenvalue weighted by Gasteiger charge is -2.06. The van der Waals surface area contributed by atoms with Gasteiger partial charge < -0.3 is 0 Å². The predicted molar refractivity (Wildman–Crippen MR) is 56.1 cm³/mol. The molecule has 0 aliphatic carbocycles. The van der Waals surface area contributed by atoms with Crippen molar-refractivity contribution in [1.29, 1.82) is 0 Å². The van der Waals surface area contributed by atoms with E-state index in [0.717, 1.165) is 11.1 Å². The number of hydrogen-bond acceptors (Lipinski definition) is 2. The zero-order valence-corrected chi connectivity index (χ0v) is 8.06. The maximum absolute atomic E-state index is 10.6. The molecule has 0 N–H and O–H groups in total. The Morgan fingerprint density at radius 3 is 2.64 bits per heavy atom. The maximum Gasteiger partial charge on any atom is 0.269 e. The third-order valence-electron chi connectivity index (χ3n) is 2.01. The second kappa shape index (κ2) is 4.05. The van der Waals surface area contributed by atoms with Crippen molar-refractivity contribution in [2.75, 3.05) is 0 Å². The van der Waals surface area contributed by atoms with Crippen LogP contribution < -0.4 is 0 Å². The largest absolute Gasteiger partial charge is 0.269 e. The zero-order valence-electron chi connectivity index (χ0n) is 8.06. The monoisotopic (exact) mass is 190 g/mol. The van der Waals surface area contributed by atoms with Crippen molar-refractivity contribution >= 4 is 5.69 Å². The van der Waals surface area contributed by atoms with Gasteiger partial charge in [-0.25, -0.2) is 0 Å². The summed E-state index contributed by atoms with van der Waals surface area (Å²) >= 11 is 0. The second-order valence-electron chi connectivity index (χ2n) is 3.20. The summed E-state index contributed by atoms with van der Waals surface area (Å²) in [5.74, 6) is -0.103. The minimum absolute atomic E-state index is 0.103. The summed E-state index contributed by atoms with van der Waals surface area (Å²) in [4.78, 5) is 10.2. The Kier molecular flexibility index (Phi) is 3.02. The van der Waals surface area contributed by atoms with Gasteiger partial charge in [0.05, 0.1) is 4.92 Å². The van der Waals surface area contributed by atoms with Crippen LogP contribution in [0, 0.1) is 24.0 Å². The van der Waals surface area contributed by atoms with Gasteiger partial charge in [-0.15, -0.1) is 6.58 Å². The maximum atomic E-state index is 10.6. The number of hydrogen-bond donors (Lipinski definition) is 0. The van der Waals surface area contributed by atoms with Gasteiger partial charge in [0.25, 0.3) is 5.69 Å². The highest BCUT2D eigenvalue weighted by atomic mass is 16.6. The molecule has 0 aliphatic rings. The summed E-state index contributed by atoms with van der Waals surface area (Å²) in [7, 11) is 0. The van der Waals surface area contributed by atoms with Crippen LogP contribution in [0.15, 0.2) is 30.9 Å². The van der Waals surface area contributed by atoms with Crippen LogP contribution in [0.3, 0.4) is 0 Å². The van der Waals surface area contributed by atoms with Crippen molar-refractivity contribution in [2.24, 2.45) is 0 Å². The predicted octanol–water partition coefficient (Wildman–Crippen LogP) is 3.01. The third-order valence-corrected chi connectivity index (χ3v) is 2.01. The summed E-state index contributed by atoms with van der Waals surface area (Å²) < 4.78 is 0. The molecule has 0 saturated carbocycles. The van der Waals surface area contributed by atoms with Crippen molar-refractivity contribution in [3.8, 4) is 0 Å². The molecule has 3 nitrogen and oxygen atoms in total. The molecule has 14 heavy (non-hydrogen) atoms. The molecule has 0 amide bonds. The first-order valence-electron chi connectivity index (χ1n) is 4.26. The molecule has 0 bridgehead atoms. The highest BCUT2D eigenvalue weighted by molar-refractivity contribution is 5.41. The lowest BCUT2D eigenvalue weighted by molar-refractivity contribution is -0.385. The van der Waals surface area contributed by atoms with Gasteiger partial charge in [-0.1, -0.05) is 12.1 Å². The van der Waals surface area contributed by atoms with E-state index in [1.54, 1.807) is 12.1 Å². The van der Waals surface area contributed by atoms with Crippen molar-refractivity contribution < 1.29 is 4.92 Å². The van der Waals surface area contributed by atoms with Gasteiger partial charge in [-0.05, 0) is 25.0 Å². The van der Waals surface area contributed by atoms with Crippen LogP contribution in [-0.2, 0) is 0 Å². The van der Waals surface area contributed by atoms with E-state index in [4.69, 9.17) is 0 Å². The number of aryl methyl sites for hydroxylation is 1. The third kappa shape index (κ3) is 2.19. The molecule has 0 aromatic heterocycles. The Morgan fingerprint density at radius 2 is 2.14 bits per heavy atom. The fraction of sp³-hybridized carbons (Fsp3) is 0.182.